The van der Waals surface area contributed by atoms with Crippen LogP contribution in [0.5, 0.6) is 0 Å². The lowest BCUT2D eigenvalue weighted by Gasteiger charge is -2.50. The smallest absolute Gasteiger partial charge is 0.338 e. The standard InChI is InChI=1S/C51H76O14/c1-30-24-41(63-51(26-30)42(54)14-13-38(62-51)27-48(8,57)47(56)58-29-32(3)23-31(2)28-52)33(4)11-12-37-16-20-50(61-37)21-17-40-46(65-50)43(55)36(7)45(60-40)39(53)25-35(6)44-34(5)15-19-49(64-44)18-9-10-22-59-49/h11-12,26,28,33-35,37-46,53-55,57H,2-3,7,9-10,13-25,27,29H2,1,4-6,8H3/b12-11+/t33-,34-,35+,37+,38+,39+,40-,41+,42-,43-,44+,45+,46-,48-,49+,50-,51-/m1/s1. The fraction of sp³-hybridized carbons (Fsp3) is 0.765. The predicted octanol–water partition coefficient (Wildman–Crippen LogP) is 6.37. The zero-order chi connectivity index (χ0) is 46.9. The number of aliphatic hydroxyl groups is 4. The molecule has 0 bridgehead atoms. The maximum Gasteiger partial charge on any atom is 0.338 e. The van der Waals surface area contributed by atoms with Crippen molar-refractivity contribution in [1.82, 2.24) is 0 Å². The molecule has 3 spiro atoms. The molecule has 65 heavy (non-hydrogen) atoms. The van der Waals surface area contributed by atoms with E-state index in [9.17, 15) is 30.0 Å². The molecule has 6 saturated heterocycles. The second kappa shape index (κ2) is 20.6. The van der Waals surface area contributed by atoms with Gasteiger partial charge in [-0.3, -0.25) is 4.79 Å². The summed E-state index contributed by atoms with van der Waals surface area (Å²) in [5.74, 6) is -3.44. The third-order valence-corrected chi connectivity index (χ3v) is 15.0. The molecule has 0 saturated carbocycles. The van der Waals surface area contributed by atoms with Crippen molar-refractivity contribution < 1.29 is 67.9 Å². The molecule has 14 heteroatoms. The van der Waals surface area contributed by atoms with Crippen molar-refractivity contribution in [3.63, 3.8) is 0 Å². The lowest BCUT2D eigenvalue weighted by Crippen LogP contribution is -2.60. The quantitative estimate of drug-likeness (QED) is 0.0614. The molecule has 0 aromatic rings. The zero-order valence-corrected chi connectivity index (χ0v) is 39.3. The Labute approximate surface area is 385 Å². The Balaban J connectivity index is 0.900. The molecule has 0 aliphatic carbocycles. The van der Waals surface area contributed by atoms with Crippen molar-refractivity contribution in [1.29, 1.82) is 0 Å². The first kappa shape index (κ1) is 50.3. The number of aldehydes is 1. The van der Waals surface area contributed by atoms with Crippen molar-refractivity contribution >= 4 is 12.3 Å². The summed E-state index contributed by atoms with van der Waals surface area (Å²) < 4.78 is 51.0. The van der Waals surface area contributed by atoms with Gasteiger partial charge in [-0.15, -0.1) is 0 Å². The van der Waals surface area contributed by atoms with Gasteiger partial charge in [0.1, 0.15) is 37.3 Å². The van der Waals surface area contributed by atoms with Crippen LogP contribution in [-0.2, 0) is 47.5 Å². The first-order chi connectivity index (χ1) is 30.8. The van der Waals surface area contributed by atoms with Gasteiger partial charge in [0.25, 0.3) is 0 Å². The van der Waals surface area contributed by atoms with Crippen LogP contribution in [0.1, 0.15) is 131 Å². The molecule has 7 aliphatic rings. The van der Waals surface area contributed by atoms with Crippen LogP contribution in [0.3, 0.4) is 0 Å². The first-order valence-corrected chi connectivity index (χ1v) is 24.2. The van der Waals surface area contributed by atoms with E-state index in [4.69, 9.17) is 37.9 Å². The third-order valence-electron chi connectivity index (χ3n) is 15.0. The monoisotopic (exact) mass is 913 g/mol. The van der Waals surface area contributed by atoms with Gasteiger partial charge >= 0.3 is 5.97 Å². The molecule has 0 aromatic carbocycles. The minimum atomic E-state index is -1.89. The molecule has 0 aromatic heterocycles. The number of fused-ring (bicyclic) bond motifs is 1. The van der Waals surface area contributed by atoms with Gasteiger partial charge in [0, 0.05) is 38.0 Å². The second-order valence-corrected chi connectivity index (χ2v) is 20.8. The van der Waals surface area contributed by atoms with Crippen LogP contribution < -0.4 is 0 Å². The summed E-state index contributed by atoms with van der Waals surface area (Å²) in [7, 11) is 0. The number of hydrogen-bond donors (Lipinski definition) is 4. The van der Waals surface area contributed by atoms with Gasteiger partial charge in [0.05, 0.1) is 43.2 Å². The summed E-state index contributed by atoms with van der Waals surface area (Å²) in [5, 5.41) is 45.6. The van der Waals surface area contributed by atoms with Crippen molar-refractivity contribution in [2.45, 2.75) is 215 Å². The van der Waals surface area contributed by atoms with Gasteiger partial charge < -0.3 is 58.3 Å². The van der Waals surface area contributed by atoms with E-state index in [0.29, 0.717) is 80.3 Å². The maximum atomic E-state index is 12.9. The average molecular weight is 913 g/mol. The maximum absolute atomic E-state index is 12.9. The highest BCUT2D eigenvalue weighted by molar-refractivity contribution is 5.79. The Morgan fingerprint density at radius 2 is 1.75 bits per heavy atom. The molecular formula is C51H76O14. The van der Waals surface area contributed by atoms with E-state index >= 15 is 0 Å². The first-order valence-electron chi connectivity index (χ1n) is 24.2. The van der Waals surface area contributed by atoms with Gasteiger partial charge in [0.2, 0.25) is 5.79 Å². The van der Waals surface area contributed by atoms with Crippen molar-refractivity contribution in [2.24, 2.45) is 17.8 Å². The number of rotatable bonds is 15. The largest absolute Gasteiger partial charge is 0.459 e. The summed E-state index contributed by atoms with van der Waals surface area (Å²) in [6.45, 7) is 21.9. The van der Waals surface area contributed by atoms with Gasteiger partial charge in [-0.05, 0) is 113 Å². The predicted molar refractivity (Wildman–Crippen MR) is 240 cm³/mol. The highest BCUT2D eigenvalue weighted by atomic mass is 16.7. The van der Waals surface area contributed by atoms with Crippen LogP contribution in [0.25, 0.3) is 0 Å². The summed E-state index contributed by atoms with van der Waals surface area (Å²) in [6.07, 6.45) is 9.97. The van der Waals surface area contributed by atoms with Gasteiger partial charge in [0.15, 0.2) is 17.2 Å². The molecule has 17 atom stereocenters. The van der Waals surface area contributed by atoms with Crippen LogP contribution in [0.15, 0.2) is 60.3 Å². The molecule has 14 nitrogen and oxygen atoms in total. The minimum absolute atomic E-state index is 0.0414. The van der Waals surface area contributed by atoms with Gasteiger partial charge in [-0.2, -0.15) is 0 Å². The number of allylic oxidation sites excluding steroid dienone is 1. The number of esters is 1. The van der Waals surface area contributed by atoms with Crippen LogP contribution in [0.2, 0.25) is 0 Å². The van der Waals surface area contributed by atoms with E-state index in [0.717, 1.165) is 44.3 Å². The van der Waals surface area contributed by atoms with E-state index in [1.54, 1.807) is 6.08 Å². The minimum Gasteiger partial charge on any atom is -0.459 e. The van der Waals surface area contributed by atoms with Crippen molar-refractivity contribution in [2.75, 3.05) is 13.2 Å². The number of aliphatic hydroxyl groups excluding tert-OH is 3. The normalized spacial score (nSPS) is 41.1. The Bertz CT molecular complexity index is 1800. The second-order valence-electron chi connectivity index (χ2n) is 20.8. The number of carbonyl (C=O) groups is 2. The highest BCUT2D eigenvalue weighted by Crippen LogP contribution is 2.47. The molecule has 0 radical (unpaired) electrons. The molecule has 364 valence electrons. The summed E-state index contributed by atoms with van der Waals surface area (Å²) in [5.41, 5.74) is 0.291. The Kier molecular flexibility index (Phi) is 15.9. The van der Waals surface area contributed by atoms with Gasteiger partial charge in [-0.25, -0.2) is 4.79 Å². The highest BCUT2D eigenvalue weighted by Gasteiger charge is 2.55. The summed E-state index contributed by atoms with van der Waals surface area (Å²) >= 11 is 0. The van der Waals surface area contributed by atoms with E-state index in [1.165, 1.54) is 6.92 Å². The fourth-order valence-corrected chi connectivity index (χ4v) is 11.3. The molecule has 6 fully saturated rings. The van der Waals surface area contributed by atoms with Crippen LogP contribution >= 0.6 is 0 Å². The van der Waals surface area contributed by atoms with Crippen molar-refractivity contribution in [3.8, 4) is 0 Å². The molecule has 7 rings (SSSR count). The van der Waals surface area contributed by atoms with E-state index in [2.05, 4.69) is 39.7 Å². The zero-order valence-electron chi connectivity index (χ0n) is 39.3. The number of carbonyl (C=O) groups excluding carboxylic acids is 2. The molecule has 4 N–H and O–H groups in total. The summed E-state index contributed by atoms with van der Waals surface area (Å²) in [6, 6.07) is 0. The molecular weight excluding hydrogens is 837 g/mol. The van der Waals surface area contributed by atoms with Crippen LogP contribution in [0.4, 0.5) is 0 Å². The topological polar surface area (TPSA) is 189 Å². The third kappa shape index (κ3) is 11.5. The van der Waals surface area contributed by atoms with E-state index < -0.39 is 71.7 Å². The SMILES string of the molecule is C=C(C=O)CC(=C)COC(=O)[C@](C)(O)C[C@@H]1CC[C@@H](O)[C@]2(C=C(C)C[C@@H]([C@H](C)/C=C/[C@H]3CC[C@@]4(CC[C@H]5O[C@H]([C@@H](O)C[C@H](C)[C@H]6O[C@@]7(CCCCO7)CC[C@H]6C)C(=C)[C@@H](O)[C@@H]5O4)O3)O2)O1. The van der Waals surface area contributed by atoms with Crippen LogP contribution in [-0.4, -0.2) is 130 Å². The Morgan fingerprint density at radius 3 is 2.49 bits per heavy atom. The Hall–Kier alpha value is -2.60. The van der Waals surface area contributed by atoms with Gasteiger partial charge in [-0.1, -0.05) is 58.2 Å². The number of ether oxygens (including phenoxy) is 8. The Morgan fingerprint density at radius 1 is 1.00 bits per heavy atom. The van der Waals surface area contributed by atoms with Crippen LogP contribution in [0, 0.1) is 17.8 Å². The fourth-order valence-electron chi connectivity index (χ4n) is 11.3. The van der Waals surface area contributed by atoms with Crippen molar-refractivity contribution in [3.05, 3.63) is 60.3 Å². The molecule has 7 aliphatic heterocycles. The lowest BCUT2D eigenvalue weighted by atomic mass is 9.79. The van der Waals surface area contributed by atoms with E-state index in [-0.39, 0.29) is 49.6 Å². The van der Waals surface area contributed by atoms with E-state index in [1.807, 2.05) is 19.9 Å². The lowest BCUT2D eigenvalue weighted by molar-refractivity contribution is -0.321. The molecule has 7 heterocycles. The number of hydrogen-bond acceptors (Lipinski definition) is 14. The molecule has 0 amide bonds. The molecule has 0 unspecified atom stereocenters. The summed E-state index contributed by atoms with van der Waals surface area (Å²) in [4.78, 5) is 23.8. The average Bonchev–Trinajstić information content (AvgIpc) is 3.66.